The molecule has 0 radical (unpaired) electrons. The summed E-state index contributed by atoms with van der Waals surface area (Å²) < 4.78 is 5.59. The number of benzene rings is 2. The number of esters is 1. The second kappa shape index (κ2) is 8.50. The molecule has 0 amide bonds. The topological polar surface area (TPSA) is 52.3 Å². The number of nitrogens with two attached hydrogens (primary N) is 1. The highest BCUT2D eigenvalue weighted by Gasteiger charge is 2.29. The molecule has 0 aromatic heterocycles. The van der Waals surface area contributed by atoms with Crippen LogP contribution in [0.1, 0.15) is 50.9 Å². The molecule has 0 aliphatic rings. The summed E-state index contributed by atoms with van der Waals surface area (Å²) >= 11 is 0. The second-order valence-corrected chi connectivity index (χ2v) is 8.56. The molecular formula is C23H31NO2. The molecule has 0 spiro atoms. The maximum Gasteiger partial charge on any atom is 0.338 e. The van der Waals surface area contributed by atoms with E-state index in [0.29, 0.717) is 18.7 Å². The van der Waals surface area contributed by atoms with Crippen molar-refractivity contribution in [2.75, 3.05) is 13.2 Å². The zero-order chi connectivity index (χ0) is 19.2. The molecule has 0 heterocycles. The van der Waals surface area contributed by atoms with Crippen molar-refractivity contribution in [3.8, 4) is 11.1 Å². The van der Waals surface area contributed by atoms with Crippen LogP contribution in [0.15, 0.2) is 54.6 Å². The Morgan fingerprint density at radius 3 is 2.04 bits per heavy atom. The molecule has 2 aromatic rings. The fourth-order valence-electron chi connectivity index (χ4n) is 3.60. The van der Waals surface area contributed by atoms with Crippen LogP contribution in [0.2, 0.25) is 0 Å². The number of hydrogen-bond acceptors (Lipinski definition) is 3. The Morgan fingerprint density at radius 1 is 0.885 bits per heavy atom. The summed E-state index contributed by atoms with van der Waals surface area (Å²) in [4.78, 5) is 12.4. The van der Waals surface area contributed by atoms with Crippen LogP contribution in [0.5, 0.6) is 0 Å². The van der Waals surface area contributed by atoms with Crippen LogP contribution < -0.4 is 5.73 Å². The zero-order valence-electron chi connectivity index (χ0n) is 16.4. The molecule has 2 N–H and O–H groups in total. The number of carbonyl (C=O) groups excluding carboxylic acids is 1. The second-order valence-electron chi connectivity index (χ2n) is 8.56. The summed E-state index contributed by atoms with van der Waals surface area (Å²) in [6.45, 7) is 9.78. The number of hydrogen-bond donors (Lipinski definition) is 1. The molecule has 0 saturated carbocycles. The molecule has 0 atom stereocenters. The van der Waals surface area contributed by atoms with Crippen molar-refractivity contribution < 1.29 is 9.53 Å². The lowest BCUT2D eigenvalue weighted by molar-refractivity contribution is 0.0247. The third-order valence-corrected chi connectivity index (χ3v) is 4.60. The van der Waals surface area contributed by atoms with Gasteiger partial charge in [-0.15, -0.1) is 0 Å². The van der Waals surface area contributed by atoms with E-state index in [0.717, 1.165) is 24.0 Å². The Hall–Kier alpha value is -2.13. The predicted molar refractivity (Wildman–Crippen MR) is 108 cm³/mol. The standard InChI is InChI=1S/C23H31NO2/c1-22(2,14-15-24)16-23(3,4)17-26-21(25)20-12-10-19(11-13-20)18-8-6-5-7-9-18/h5-13H,14-17,24H2,1-4H3. The molecule has 26 heavy (non-hydrogen) atoms. The van der Waals surface area contributed by atoms with Gasteiger partial charge < -0.3 is 10.5 Å². The average Bonchev–Trinajstić information content (AvgIpc) is 2.59. The van der Waals surface area contributed by atoms with Crippen LogP contribution in [-0.4, -0.2) is 19.1 Å². The van der Waals surface area contributed by atoms with Gasteiger partial charge in [0, 0.05) is 0 Å². The maximum atomic E-state index is 12.4. The first-order valence-corrected chi connectivity index (χ1v) is 9.25. The number of ether oxygens (including phenoxy) is 1. The van der Waals surface area contributed by atoms with Crippen LogP contribution in [0, 0.1) is 10.8 Å². The third kappa shape index (κ3) is 5.99. The summed E-state index contributed by atoms with van der Waals surface area (Å²) in [6.07, 6.45) is 1.92. The van der Waals surface area contributed by atoms with E-state index in [2.05, 4.69) is 39.8 Å². The molecule has 140 valence electrons. The highest BCUT2D eigenvalue weighted by molar-refractivity contribution is 5.90. The first-order chi connectivity index (χ1) is 12.2. The van der Waals surface area contributed by atoms with Crippen LogP contribution in [0.25, 0.3) is 11.1 Å². The molecule has 2 aromatic carbocycles. The Labute approximate surface area is 157 Å². The van der Waals surface area contributed by atoms with E-state index >= 15 is 0 Å². The smallest absolute Gasteiger partial charge is 0.338 e. The van der Waals surface area contributed by atoms with Gasteiger partial charge in [-0.25, -0.2) is 4.79 Å². The van der Waals surface area contributed by atoms with Crippen LogP contribution in [0.3, 0.4) is 0 Å². The van der Waals surface area contributed by atoms with Gasteiger partial charge in [0.15, 0.2) is 0 Å². The molecule has 3 nitrogen and oxygen atoms in total. The van der Waals surface area contributed by atoms with Gasteiger partial charge in [0.25, 0.3) is 0 Å². The summed E-state index contributed by atoms with van der Waals surface area (Å²) in [5, 5.41) is 0. The third-order valence-electron chi connectivity index (χ3n) is 4.60. The SMILES string of the molecule is CC(C)(CCN)CC(C)(C)COC(=O)c1ccc(-c2ccccc2)cc1. The van der Waals surface area contributed by atoms with Gasteiger partial charge >= 0.3 is 5.97 Å². The van der Waals surface area contributed by atoms with Gasteiger partial charge in [0.1, 0.15) is 0 Å². The number of carbonyl (C=O) groups is 1. The monoisotopic (exact) mass is 353 g/mol. The van der Waals surface area contributed by atoms with Gasteiger partial charge in [-0.2, -0.15) is 0 Å². The maximum absolute atomic E-state index is 12.4. The molecule has 0 aliphatic carbocycles. The highest BCUT2D eigenvalue weighted by Crippen LogP contribution is 2.36. The Bertz CT molecular complexity index is 703. The molecule has 0 fully saturated rings. The van der Waals surface area contributed by atoms with Crippen molar-refractivity contribution in [3.05, 3.63) is 60.2 Å². The van der Waals surface area contributed by atoms with E-state index in [1.165, 1.54) is 0 Å². The lowest BCUT2D eigenvalue weighted by atomic mass is 9.74. The van der Waals surface area contributed by atoms with Gasteiger partial charge in [-0.1, -0.05) is 70.2 Å². The van der Waals surface area contributed by atoms with Crippen LogP contribution >= 0.6 is 0 Å². The van der Waals surface area contributed by atoms with E-state index in [-0.39, 0.29) is 16.8 Å². The molecule has 0 aliphatic heterocycles. The molecule has 0 unspecified atom stereocenters. The minimum Gasteiger partial charge on any atom is -0.462 e. The van der Waals surface area contributed by atoms with Crippen molar-refractivity contribution in [2.24, 2.45) is 16.6 Å². The largest absolute Gasteiger partial charge is 0.462 e. The number of rotatable bonds is 8. The van der Waals surface area contributed by atoms with E-state index in [9.17, 15) is 4.79 Å². The normalized spacial score (nSPS) is 12.0. The molecule has 2 rings (SSSR count). The highest BCUT2D eigenvalue weighted by atomic mass is 16.5. The van der Waals surface area contributed by atoms with Crippen molar-refractivity contribution in [2.45, 2.75) is 40.5 Å². The fourth-order valence-corrected chi connectivity index (χ4v) is 3.60. The van der Waals surface area contributed by atoms with E-state index in [4.69, 9.17) is 10.5 Å². The van der Waals surface area contributed by atoms with Crippen LogP contribution in [-0.2, 0) is 4.74 Å². The molecule has 0 saturated heterocycles. The Balaban J connectivity index is 1.95. The van der Waals surface area contributed by atoms with E-state index < -0.39 is 0 Å². The first kappa shape index (κ1) is 20.2. The van der Waals surface area contributed by atoms with E-state index in [1.807, 2.05) is 42.5 Å². The summed E-state index contributed by atoms with van der Waals surface area (Å²) in [5.74, 6) is -0.269. The van der Waals surface area contributed by atoms with Crippen molar-refractivity contribution in [3.63, 3.8) is 0 Å². The van der Waals surface area contributed by atoms with Gasteiger partial charge in [-0.05, 0) is 53.5 Å². The summed E-state index contributed by atoms with van der Waals surface area (Å²) in [5.41, 5.74) is 8.57. The van der Waals surface area contributed by atoms with E-state index in [1.54, 1.807) is 0 Å². The molecule has 0 bridgehead atoms. The average molecular weight is 354 g/mol. The van der Waals surface area contributed by atoms with Crippen molar-refractivity contribution in [1.82, 2.24) is 0 Å². The Morgan fingerprint density at radius 2 is 1.46 bits per heavy atom. The summed E-state index contributed by atoms with van der Waals surface area (Å²) in [6, 6.07) is 17.7. The van der Waals surface area contributed by atoms with Crippen molar-refractivity contribution in [1.29, 1.82) is 0 Å². The first-order valence-electron chi connectivity index (χ1n) is 9.25. The fraction of sp³-hybridized carbons (Fsp3) is 0.435. The van der Waals surface area contributed by atoms with Crippen LogP contribution in [0.4, 0.5) is 0 Å². The van der Waals surface area contributed by atoms with Gasteiger partial charge in [-0.3, -0.25) is 0 Å². The lowest BCUT2D eigenvalue weighted by Crippen LogP contribution is -2.30. The lowest BCUT2D eigenvalue weighted by Gasteiger charge is -2.34. The molecular weight excluding hydrogens is 322 g/mol. The zero-order valence-corrected chi connectivity index (χ0v) is 16.4. The minimum absolute atomic E-state index is 0.0850. The predicted octanol–water partition coefficient (Wildman–Crippen LogP) is 5.30. The van der Waals surface area contributed by atoms with Gasteiger partial charge in [0.05, 0.1) is 12.2 Å². The van der Waals surface area contributed by atoms with Gasteiger partial charge in [0.2, 0.25) is 0 Å². The quantitative estimate of drug-likeness (QED) is 0.655. The molecule has 3 heteroatoms. The Kier molecular flexibility index (Phi) is 6.60. The van der Waals surface area contributed by atoms with Crippen molar-refractivity contribution >= 4 is 5.97 Å². The minimum atomic E-state index is -0.269. The summed E-state index contributed by atoms with van der Waals surface area (Å²) in [7, 11) is 0.